The molecule has 0 radical (unpaired) electrons. The van der Waals surface area contributed by atoms with Crippen LogP contribution in [0.1, 0.15) is 12.6 Å². The number of rotatable bonds is 2. The van der Waals surface area contributed by atoms with E-state index in [2.05, 4.69) is 27.6 Å². The zero-order chi connectivity index (χ0) is 13.6. The highest BCUT2D eigenvalue weighted by Crippen LogP contribution is 2.32. The van der Waals surface area contributed by atoms with Gasteiger partial charge in [0.1, 0.15) is 12.3 Å². The number of aromatic nitrogens is 4. The minimum Gasteiger partial charge on any atom is -0.492 e. The first-order chi connectivity index (χ1) is 9.10. The van der Waals surface area contributed by atoms with E-state index in [1.54, 1.807) is 4.57 Å². The molecule has 0 bridgehead atoms. The Bertz CT molecular complexity index is 619. The van der Waals surface area contributed by atoms with Crippen LogP contribution in [0.2, 0.25) is 0 Å². The van der Waals surface area contributed by atoms with Crippen molar-refractivity contribution in [3.05, 3.63) is 6.33 Å². The molecule has 1 aliphatic heterocycles. The molecule has 102 valence electrons. The first-order valence-corrected chi connectivity index (χ1v) is 6.11. The van der Waals surface area contributed by atoms with E-state index in [1.165, 1.54) is 6.33 Å². The summed E-state index contributed by atoms with van der Waals surface area (Å²) in [7, 11) is 0. The average molecular weight is 284 g/mol. The molecule has 0 unspecified atom stereocenters. The molecule has 3 N–H and O–H groups in total. The maximum Gasteiger partial charge on any atom is 0.243 e. The molecule has 8 nitrogen and oxygen atoms in total. The first kappa shape index (κ1) is 12.6. The Hall–Kier alpha value is -1.42. The van der Waals surface area contributed by atoms with E-state index in [0.717, 1.165) is 0 Å². The average Bonchev–Trinajstić information content (AvgIpc) is 2.92. The molecule has 1 aliphatic rings. The molecule has 3 rings (SSSR count). The zero-order valence-electron chi connectivity index (χ0n) is 9.71. The second-order valence-corrected chi connectivity index (χ2v) is 4.69. The van der Waals surface area contributed by atoms with Gasteiger partial charge in [0.05, 0.1) is 19.0 Å². The lowest BCUT2D eigenvalue weighted by molar-refractivity contribution is -0.0432. The van der Waals surface area contributed by atoms with Gasteiger partial charge >= 0.3 is 0 Å². The van der Waals surface area contributed by atoms with Crippen molar-refractivity contribution in [3.8, 4) is 5.88 Å². The molecule has 1 fully saturated rings. The third-order valence-electron chi connectivity index (χ3n) is 3.09. The second kappa shape index (κ2) is 4.60. The molecule has 2 aromatic rings. The number of ether oxygens (including phenoxy) is 1. The Morgan fingerprint density at radius 3 is 2.95 bits per heavy atom. The van der Waals surface area contributed by atoms with Gasteiger partial charge in [-0.2, -0.15) is 4.98 Å². The van der Waals surface area contributed by atoms with Crippen LogP contribution in [-0.2, 0) is 4.74 Å². The summed E-state index contributed by atoms with van der Waals surface area (Å²) < 4.78 is 7.09. The van der Waals surface area contributed by atoms with Gasteiger partial charge in [-0.15, -0.1) is 12.6 Å². The Morgan fingerprint density at radius 2 is 2.26 bits per heavy atom. The fourth-order valence-corrected chi connectivity index (χ4v) is 2.34. The molecular weight excluding hydrogens is 272 g/mol. The van der Waals surface area contributed by atoms with E-state index >= 15 is 0 Å². The molecule has 3 atom stereocenters. The monoisotopic (exact) mass is 284 g/mol. The first-order valence-electron chi connectivity index (χ1n) is 5.67. The largest absolute Gasteiger partial charge is 0.492 e. The number of hydrogen-bond donors (Lipinski definition) is 4. The molecule has 1 saturated heterocycles. The molecule has 0 saturated carbocycles. The zero-order valence-corrected chi connectivity index (χ0v) is 10.6. The fraction of sp³-hybridized carbons (Fsp3) is 0.500. The van der Waals surface area contributed by atoms with Crippen molar-refractivity contribution >= 4 is 23.8 Å². The van der Waals surface area contributed by atoms with Crippen molar-refractivity contribution in [2.45, 2.75) is 30.0 Å². The lowest BCUT2D eigenvalue weighted by Gasteiger charge is -2.13. The number of imidazole rings is 1. The number of aromatic hydroxyl groups is 1. The van der Waals surface area contributed by atoms with Crippen molar-refractivity contribution in [1.82, 2.24) is 19.5 Å². The van der Waals surface area contributed by atoms with Crippen molar-refractivity contribution in [2.75, 3.05) is 6.61 Å². The predicted molar refractivity (Wildman–Crippen MR) is 65.9 cm³/mol. The molecule has 0 aromatic carbocycles. The summed E-state index contributed by atoms with van der Waals surface area (Å²) in [6.45, 7) is -0.262. The van der Waals surface area contributed by atoms with E-state index in [-0.39, 0.29) is 23.2 Å². The van der Waals surface area contributed by atoms with Crippen molar-refractivity contribution < 1.29 is 20.1 Å². The number of hydrogen-bond acceptors (Lipinski definition) is 8. The summed E-state index contributed by atoms with van der Waals surface area (Å²) in [6.07, 6.45) is -0.127. The molecule has 2 aromatic heterocycles. The summed E-state index contributed by atoms with van der Waals surface area (Å²) in [6, 6.07) is 0. The van der Waals surface area contributed by atoms with Crippen LogP contribution in [0.4, 0.5) is 0 Å². The number of nitrogens with zero attached hydrogens (tertiary/aromatic N) is 4. The van der Waals surface area contributed by atoms with Crippen LogP contribution in [0, 0.1) is 0 Å². The highest BCUT2D eigenvalue weighted by atomic mass is 32.1. The topological polar surface area (TPSA) is 114 Å². The molecule has 0 aliphatic carbocycles. The molecule has 3 heterocycles. The van der Waals surface area contributed by atoms with Crippen LogP contribution in [-0.4, -0.2) is 53.7 Å². The number of aliphatic hydroxyl groups is 2. The van der Waals surface area contributed by atoms with E-state index < -0.39 is 18.4 Å². The predicted octanol–water partition coefficient (Wildman–Crippen LogP) is -0.539. The van der Waals surface area contributed by atoms with Crippen molar-refractivity contribution in [1.29, 1.82) is 0 Å². The molecule has 0 amide bonds. The van der Waals surface area contributed by atoms with Gasteiger partial charge in [0.25, 0.3) is 0 Å². The standard InChI is InChI=1S/C10H12N4O4S/c15-2-5-4(16)1-6(18-5)14-3-11-7-8(14)12-10(19)13-9(7)17/h3-6,15-16H,1-2H2,(H2,12,13,17,19)/t4-,5+,6+/m0/s1. The Labute approximate surface area is 113 Å². The third kappa shape index (κ3) is 2.04. The minimum atomic E-state index is -0.752. The highest BCUT2D eigenvalue weighted by molar-refractivity contribution is 7.80. The van der Waals surface area contributed by atoms with Crippen LogP contribution in [0.5, 0.6) is 5.88 Å². The molecule has 19 heavy (non-hydrogen) atoms. The van der Waals surface area contributed by atoms with Gasteiger partial charge in [-0.1, -0.05) is 0 Å². The lowest BCUT2D eigenvalue weighted by Crippen LogP contribution is -2.24. The van der Waals surface area contributed by atoms with Gasteiger partial charge in [0.15, 0.2) is 16.3 Å². The van der Waals surface area contributed by atoms with Gasteiger partial charge in [0.2, 0.25) is 5.88 Å². The maximum atomic E-state index is 9.72. The van der Waals surface area contributed by atoms with Crippen LogP contribution >= 0.6 is 12.6 Å². The van der Waals surface area contributed by atoms with Crippen LogP contribution < -0.4 is 0 Å². The number of thiol groups is 1. The highest BCUT2D eigenvalue weighted by Gasteiger charge is 2.35. The lowest BCUT2D eigenvalue weighted by atomic mass is 10.2. The quantitative estimate of drug-likeness (QED) is 0.432. The van der Waals surface area contributed by atoms with Gasteiger partial charge in [-0.25, -0.2) is 9.97 Å². The number of aliphatic hydroxyl groups excluding tert-OH is 2. The van der Waals surface area contributed by atoms with Gasteiger partial charge in [-0.3, -0.25) is 4.57 Å². The minimum absolute atomic E-state index is 0.115. The number of fused-ring (bicyclic) bond motifs is 1. The van der Waals surface area contributed by atoms with Crippen molar-refractivity contribution in [3.63, 3.8) is 0 Å². The summed E-state index contributed by atoms with van der Waals surface area (Å²) in [5.41, 5.74) is 0.608. The fourth-order valence-electron chi connectivity index (χ4n) is 2.15. The SMILES string of the molecule is OC[C@H]1O[C@@H](n2cnc3c(O)nc(S)nc32)C[C@@H]1O. The smallest absolute Gasteiger partial charge is 0.243 e. The summed E-state index contributed by atoms with van der Waals surface area (Å²) in [5.74, 6) is -0.258. The summed E-state index contributed by atoms with van der Waals surface area (Å²) >= 11 is 4.00. The van der Waals surface area contributed by atoms with Gasteiger partial charge in [-0.05, 0) is 0 Å². The van der Waals surface area contributed by atoms with Crippen LogP contribution in [0.3, 0.4) is 0 Å². The van der Waals surface area contributed by atoms with E-state index in [0.29, 0.717) is 12.1 Å². The Morgan fingerprint density at radius 1 is 1.47 bits per heavy atom. The normalized spacial score (nSPS) is 27.2. The third-order valence-corrected chi connectivity index (χ3v) is 3.29. The second-order valence-electron chi connectivity index (χ2n) is 4.29. The van der Waals surface area contributed by atoms with Gasteiger partial charge in [0, 0.05) is 6.42 Å². The molecule has 0 spiro atoms. The van der Waals surface area contributed by atoms with E-state index in [1.807, 2.05) is 0 Å². The van der Waals surface area contributed by atoms with Gasteiger partial charge < -0.3 is 20.1 Å². The van der Waals surface area contributed by atoms with Crippen LogP contribution in [0.25, 0.3) is 11.2 Å². The molecular formula is C10H12N4O4S. The van der Waals surface area contributed by atoms with E-state index in [4.69, 9.17) is 9.84 Å². The Kier molecular flexibility index (Phi) is 3.05. The molecule has 9 heteroatoms. The maximum absolute atomic E-state index is 9.72. The van der Waals surface area contributed by atoms with Crippen molar-refractivity contribution in [2.24, 2.45) is 0 Å². The summed E-state index contributed by atoms with van der Waals surface area (Å²) in [4.78, 5) is 11.8. The Balaban J connectivity index is 2.02. The summed E-state index contributed by atoms with van der Waals surface area (Å²) in [5, 5.41) is 28.6. The van der Waals surface area contributed by atoms with Crippen LogP contribution in [0.15, 0.2) is 11.5 Å². The van der Waals surface area contributed by atoms with E-state index in [9.17, 15) is 10.2 Å².